The van der Waals surface area contributed by atoms with Crippen molar-refractivity contribution in [3.63, 3.8) is 0 Å². The molecular weight excluding hydrogens is 318 g/mol. The van der Waals surface area contributed by atoms with Crippen molar-refractivity contribution >= 4 is 34.6 Å². The van der Waals surface area contributed by atoms with E-state index in [4.69, 9.17) is 0 Å². The van der Waals surface area contributed by atoms with Crippen LogP contribution in [0.1, 0.15) is 11.1 Å². The van der Waals surface area contributed by atoms with Gasteiger partial charge in [0.2, 0.25) is 0 Å². The van der Waals surface area contributed by atoms with Gasteiger partial charge in [0.1, 0.15) is 0 Å². The fourth-order valence-corrected chi connectivity index (χ4v) is 2.44. The van der Waals surface area contributed by atoms with Gasteiger partial charge in [0, 0.05) is 29.0 Å². The number of carbonyl (C=O) groups is 1. The van der Waals surface area contributed by atoms with Crippen LogP contribution in [0.15, 0.2) is 36.4 Å². The number of nitro benzene ring substituents is 2. The van der Waals surface area contributed by atoms with Crippen LogP contribution in [0.4, 0.5) is 17.1 Å². The highest BCUT2D eigenvalue weighted by atomic mass is 16.6. The number of carbonyl (C=O) groups excluding carboxylic acids is 1. The van der Waals surface area contributed by atoms with E-state index in [1.807, 2.05) is 0 Å². The molecule has 0 fully saturated rings. The Morgan fingerprint density at radius 1 is 1.04 bits per heavy atom. The van der Waals surface area contributed by atoms with Crippen molar-refractivity contribution in [2.45, 2.75) is 0 Å². The molecule has 0 bridgehead atoms. The van der Waals surface area contributed by atoms with Crippen molar-refractivity contribution in [3.05, 3.63) is 67.8 Å². The van der Waals surface area contributed by atoms with E-state index in [9.17, 15) is 30.1 Å². The lowest BCUT2D eigenvalue weighted by molar-refractivity contribution is -0.396. The van der Waals surface area contributed by atoms with Crippen LogP contribution >= 0.6 is 0 Å². The van der Waals surface area contributed by atoms with Gasteiger partial charge in [-0.2, -0.15) is 0 Å². The smallest absolute Gasteiger partial charge is 0.318 e. The number of nitrogens with zero attached hydrogens (tertiary/aromatic N) is 2. The monoisotopic (exact) mass is 327 g/mol. The highest BCUT2D eigenvalue weighted by molar-refractivity contribution is 6.34. The highest BCUT2D eigenvalue weighted by Gasteiger charge is 2.28. The molecule has 9 nitrogen and oxygen atoms in total. The Bertz CT molecular complexity index is 900. The summed E-state index contributed by atoms with van der Waals surface area (Å²) < 4.78 is 0. The number of aromatic hydroxyl groups is 1. The van der Waals surface area contributed by atoms with Gasteiger partial charge in [-0.3, -0.25) is 25.0 Å². The molecule has 1 heterocycles. The van der Waals surface area contributed by atoms with Gasteiger partial charge in [-0.1, -0.05) is 18.2 Å². The summed E-state index contributed by atoms with van der Waals surface area (Å²) in [6.45, 7) is 0. The third-order valence-corrected chi connectivity index (χ3v) is 3.51. The Balaban J connectivity index is 2.19. The lowest BCUT2D eigenvalue weighted by atomic mass is 10.0. The number of benzene rings is 2. The first-order valence-electron chi connectivity index (χ1n) is 6.66. The molecule has 0 saturated heterocycles. The predicted molar refractivity (Wildman–Crippen MR) is 84.4 cm³/mol. The zero-order chi connectivity index (χ0) is 17.4. The Labute approximate surface area is 134 Å². The number of nitro groups is 2. The molecule has 1 amide bonds. The topological polar surface area (TPSA) is 136 Å². The standard InChI is InChI=1S/C15H9N3O6/c19-14-12(17(21)22)6-8(7-13(14)18(23)24)5-10-9-3-1-2-4-11(9)16-15(10)20/h1-7,19H,(H,16,20)/b10-5-. The van der Waals surface area contributed by atoms with Crippen molar-refractivity contribution in [2.75, 3.05) is 5.32 Å². The molecule has 3 rings (SSSR count). The first kappa shape index (κ1) is 15.2. The first-order valence-corrected chi connectivity index (χ1v) is 6.66. The summed E-state index contributed by atoms with van der Waals surface area (Å²) in [6, 6.07) is 8.78. The molecule has 2 aromatic rings. The summed E-state index contributed by atoms with van der Waals surface area (Å²) in [6.07, 6.45) is 1.31. The number of amides is 1. The molecule has 0 saturated carbocycles. The van der Waals surface area contributed by atoms with Crippen molar-refractivity contribution in [3.8, 4) is 5.75 Å². The minimum atomic E-state index is -1.02. The number of rotatable bonds is 3. The molecule has 1 aliphatic heterocycles. The minimum absolute atomic E-state index is 0.0630. The number of phenolic OH excluding ortho intramolecular Hbond substituents is 1. The summed E-state index contributed by atoms with van der Waals surface area (Å²) in [5.74, 6) is -1.45. The molecule has 0 spiro atoms. The lowest BCUT2D eigenvalue weighted by Gasteiger charge is -2.02. The van der Waals surface area contributed by atoms with E-state index in [-0.39, 0.29) is 11.1 Å². The second-order valence-electron chi connectivity index (χ2n) is 4.98. The molecule has 0 aliphatic carbocycles. The molecule has 0 unspecified atom stereocenters. The van der Waals surface area contributed by atoms with Gasteiger partial charge in [0.25, 0.3) is 11.7 Å². The quantitative estimate of drug-likeness (QED) is 0.505. The van der Waals surface area contributed by atoms with Gasteiger partial charge in [-0.15, -0.1) is 0 Å². The summed E-state index contributed by atoms with van der Waals surface area (Å²) in [5.41, 5.74) is -0.157. The molecule has 0 atom stereocenters. The molecular formula is C15H9N3O6. The summed E-state index contributed by atoms with van der Waals surface area (Å²) >= 11 is 0. The normalized spacial score (nSPS) is 14.3. The maximum atomic E-state index is 12.0. The van der Waals surface area contributed by atoms with Crippen molar-refractivity contribution in [1.29, 1.82) is 0 Å². The van der Waals surface area contributed by atoms with Gasteiger partial charge in [-0.05, 0) is 17.7 Å². The van der Waals surface area contributed by atoms with Gasteiger partial charge in [0.05, 0.1) is 9.85 Å². The van der Waals surface area contributed by atoms with Crippen LogP contribution in [0.2, 0.25) is 0 Å². The van der Waals surface area contributed by atoms with Crippen molar-refractivity contribution < 1.29 is 19.7 Å². The minimum Gasteiger partial charge on any atom is -0.497 e. The Morgan fingerprint density at radius 2 is 1.62 bits per heavy atom. The molecule has 0 aromatic heterocycles. The van der Waals surface area contributed by atoms with E-state index >= 15 is 0 Å². The molecule has 0 radical (unpaired) electrons. The average Bonchev–Trinajstić information content (AvgIpc) is 2.84. The van der Waals surface area contributed by atoms with E-state index in [0.717, 1.165) is 12.1 Å². The maximum Gasteiger partial charge on any atom is 0.318 e. The van der Waals surface area contributed by atoms with E-state index in [0.29, 0.717) is 11.3 Å². The molecule has 9 heteroatoms. The number of hydrogen-bond donors (Lipinski definition) is 2. The molecule has 2 aromatic carbocycles. The van der Waals surface area contributed by atoms with Gasteiger partial charge >= 0.3 is 11.4 Å². The number of anilines is 1. The van der Waals surface area contributed by atoms with Crippen LogP contribution in [0, 0.1) is 20.2 Å². The Hall–Kier alpha value is -3.75. The van der Waals surface area contributed by atoms with E-state index in [1.165, 1.54) is 6.08 Å². The third kappa shape index (κ3) is 2.43. The molecule has 120 valence electrons. The van der Waals surface area contributed by atoms with Crippen LogP contribution in [0.5, 0.6) is 5.75 Å². The fraction of sp³-hybridized carbons (Fsp3) is 0. The highest BCUT2D eigenvalue weighted by Crippen LogP contribution is 2.39. The van der Waals surface area contributed by atoms with Crippen LogP contribution in [0.3, 0.4) is 0 Å². The van der Waals surface area contributed by atoms with Gasteiger partial charge in [-0.25, -0.2) is 0 Å². The first-order chi connectivity index (χ1) is 11.4. The third-order valence-electron chi connectivity index (χ3n) is 3.51. The number of para-hydroxylation sites is 1. The second-order valence-corrected chi connectivity index (χ2v) is 4.98. The van der Waals surface area contributed by atoms with E-state index in [1.54, 1.807) is 24.3 Å². The number of phenols is 1. The van der Waals surface area contributed by atoms with Crippen LogP contribution in [-0.4, -0.2) is 20.9 Å². The van der Waals surface area contributed by atoms with E-state index < -0.39 is 32.9 Å². The number of hydrogen-bond acceptors (Lipinski definition) is 6. The van der Waals surface area contributed by atoms with Crippen LogP contribution in [0.25, 0.3) is 11.6 Å². The Morgan fingerprint density at radius 3 is 2.21 bits per heavy atom. The fourth-order valence-electron chi connectivity index (χ4n) is 2.44. The number of fused-ring (bicyclic) bond motifs is 1. The second kappa shape index (κ2) is 5.47. The maximum absolute atomic E-state index is 12.0. The zero-order valence-corrected chi connectivity index (χ0v) is 11.9. The summed E-state index contributed by atoms with van der Waals surface area (Å²) in [4.78, 5) is 32.1. The van der Waals surface area contributed by atoms with E-state index in [2.05, 4.69) is 5.32 Å². The average molecular weight is 327 g/mol. The van der Waals surface area contributed by atoms with Crippen molar-refractivity contribution in [1.82, 2.24) is 0 Å². The zero-order valence-electron chi connectivity index (χ0n) is 11.9. The van der Waals surface area contributed by atoms with Crippen LogP contribution in [-0.2, 0) is 4.79 Å². The SMILES string of the molecule is O=C1Nc2ccccc2/C1=C/c1cc([N+](=O)[O-])c(O)c([N+](=O)[O-])c1. The lowest BCUT2D eigenvalue weighted by Crippen LogP contribution is -2.03. The Kier molecular flexibility index (Phi) is 3.45. The molecule has 2 N–H and O–H groups in total. The van der Waals surface area contributed by atoms with Gasteiger partial charge < -0.3 is 10.4 Å². The van der Waals surface area contributed by atoms with Gasteiger partial charge in [0.15, 0.2) is 0 Å². The number of nitrogens with one attached hydrogen (secondary N) is 1. The molecule has 24 heavy (non-hydrogen) atoms. The summed E-state index contributed by atoms with van der Waals surface area (Å²) in [5, 5.41) is 34.2. The van der Waals surface area contributed by atoms with Crippen molar-refractivity contribution in [2.24, 2.45) is 0 Å². The summed E-state index contributed by atoms with van der Waals surface area (Å²) in [7, 11) is 0. The largest absolute Gasteiger partial charge is 0.497 e. The predicted octanol–water partition coefficient (Wildman–Crippen LogP) is 2.70. The van der Waals surface area contributed by atoms with Crippen LogP contribution < -0.4 is 5.32 Å². The molecule has 1 aliphatic rings.